The summed E-state index contributed by atoms with van der Waals surface area (Å²) in [5.74, 6) is -1.73. The van der Waals surface area contributed by atoms with Crippen molar-refractivity contribution in [1.29, 1.82) is 0 Å². The molecule has 1 heterocycles. The Morgan fingerprint density at radius 3 is 2.59 bits per heavy atom. The van der Waals surface area contributed by atoms with Gasteiger partial charge < -0.3 is 14.2 Å². The third-order valence-electron chi connectivity index (χ3n) is 9.49. The van der Waals surface area contributed by atoms with Crippen LogP contribution < -0.4 is 0 Å². The van der Waals surface area contributed by atoms with Gasteiger partial charge in [0.25, 0.3) is 5.78 Å². The molecule has 5 aliphatic rings. The topological polar surface area (TPSA) is 96.0 Å². The summed E-state index contributed by atoms with van der Waals surface area (Å²) >= 11 is 0. The molecule has 4 aliphatic carbocycles. The van der Waals surface area contributed by atoms with Gasteiger partial charge in [0, 0.05) is 24.2 Å². The maximum Gasteiger partial charge on any atom is 0.377 e. The molecule has 1 unspecified atom stereocenters. The molecule has 2 bridgehead atoms. The molecular weight excluding hydrogens is 412 g/mol. The van der Waals surface area contributed by atoms with Crippen molar-refractivity contribution < 1.29 is 33.4 Å². The van der Waals surface area contributed by atoms with Crippen LogP contribution in [0.2, 0.25) is 0 Å². The number of carbonyl (C=O) groups excluding carboxylic acids is 4. The number of allylic oxidation sites excluding steroid dienone is 1. The van der Waals surface area contributed by atoms with Crippen molar-refractivity contribution in [3.8, 4) is 0 Å². The number of Topliss-reactive ketones (excluding diaryl/α,β-unsaturated/α-hetero) is 2. The summed E-state index contributed by atoms with van der Waals surface area (Å²) in [5.41, 5.74) is -2.39. The molecule has 4 fully saturated rings. The quantitative estimate of drug-likeness (QED) is 0.487. The average Bonchev–Trinajstić information content (AvgIpc) is 2.86. The van der Waals surface area contributed by atoms with Crippen LogP contribution in [0.3, 0.4) is 0 Å². The van der Waals surface area contributed by atoms with Crippen LogP contribution in [-0.4, -0.2) is 47.4 Å². The summed E-state index contributed by atoms with van der Waals surface area (Å²) in [7, 11) is 0. The fourth-order valence-corrected chi connectivity index (χ4v) is 8.14. The standard InChI is InChI=1S/C25H32O7/c1-5-30-21(29)20(28)25-11-10-24(31-14(2)32-25)17-7-6-15-12-16(26)8-9-22(15,3)19(17)18(27)13-23(24,25)4/h12,14,17,19H,5-11,13H2,1-4H3/t14?,17-,19-,22+,23+,24-,25-/m1/s1. The highest BCUT2D eigenvalue weighted by molar-refractivity contribution is 6.37. The number of rotatable bonds is 3. The fourth-order valence-electron chi connectivity index (χ4n) is 8.14. The molecular formula is C25H32O7. The van der Waals surface area contributed by atoms with Crippen LogP contribution in [0.4, 0.5) is 0 Å². The molecule has 7 atom stereocenters. The molecule has 0 aromatic carbocycles. The molecule has 0 N–H and O–H groups in total. The van der Waals surface area contributed by atoms with E-state index in [2.05, 4.69) is 6.92 Å². The van der Waals surface area contributed by atoms with E-state index in [0.29, 0.717) is 25.7 Å². The molecule has 0 aromatic rings. The lowest BCUT2D eigenvalue weighted by molar-refractivity contribution is -0.356. The van der Waals surface area contributed by atoms with E-state index in [0.717, 1.165) is 18.4 Å². The lowest BCUT2D eigenvalue weighted by Gasteiger charge is -2.65. The zero-order valence-corrected chi connectivity index (χ0v) is 19.3. The number of fused-ring (bicyclic) bond motifs is 3. The fraction of sp³-hybridized carbons (Fsp3) is 0.760. The first-order chi connectivity index (χ1) is 15.0. The summed E-state index contributed by atoms with van der Waals surface area (Å²) < 4.78 is 17.8. The van der Waals surface area contributed by atoms with Crippen LogP contribution in [0.15, 0.2) is 11.6 Å². The Hall–Kier alpha value is -1.86. The second kappa shape index (κ2) is 6.83. The third-order valence-corrected chi connectivity index (χ3v) is 9.49. The van der Waals surface area contributed by atoms with Crippen molar-refractivity contribution in [2.24, 2.45) is 22.7 Å². The highest BCUT2D eigenvalue weighted by Crippen LogP contribution is 2.72. The lowest BCUT2D eigenvalue weighted by Crippen LogP contribution is -2.73. The van der Waals surface area contributed by atoms with Gasteiger partial charge in [-0.15, -0.1) is 0 Å². The largest absolute Gasteiger partial charge is 0.460 e. The normalized spacial score (nSPS) is 47.1. The summed E-state index contributed by atoms with van der Waals surface area (Å²) in [5, 5.41) is 0. The van der Waals surface area contributed by atoms with Crippen molar-refractivity contribution in [1.82, 2.24) is 0 Å². The maximum atomic E-state index is 13.8. The summed E-state index contributed by atoms with van der Waals surface area (Å²) in [6.45, 7) is 7.54. The zero-order valence-electron chi connectivity index (χ0n) is 19.3. The van der Waals surface area contributed by atoms with E-state index in [1.165, 1.54) is 0 Å². The van der Waals surface area contributed by atoms with Crippen LogP contribution in [0.5, 0.6) is 0 Å². The van der Waals surface area contributed by atoms with Gasteiger partial charge in [0.15, 0.2) is 12.1 Å². The van der Waals surface area contributed by atoms with E-state index in [4.69, 9.17) is 14.2 Å². The summed E-state index contributed by atoms with van der Waals surface area (Å²) in [4.78, 5) is 52.0. The number of ketones is 3. The van der Waals surface area contributed by atoms with Crippen molar-refractivity contribution in [2.45, 2.75) is 90.1 Å². The molecule has 0 aromatic heterocycles. The minimum Gasteiger partial charge on any atom is -0.460 e. The van der Waals surface area contributed by atoms with E-state index in [1.807, 2.05) is 6.92 Å². The van der Waals surface area contributed by atoms with Gasteiger partial charge in [-0.05, 0) is 63.4 Å². The van der Waals surface area contributed by atoms with Crippen LogP contribution in [0.25, 0.3) is 0 Å². The second-order valence-electron chi connectivity index (χ2n) is 10.7. The molecule has 0 spiro atoms. The number of hydrogen-bond acceptors (Lipinski definition) is 7. The molecule has 7 heteroatoms. The Labute approximate surface area is 188 Å². The minimum absolute atomic E-state index is 0.0836. The lowest BCUT2D eigenvalue weighted by atomic mass is 9.44. The molecule has 3 saturated carbocycles. The van der Waals surface area contributed by atoms with Crippen molar-refractivity contribution in [3.63, 3.8) is 0 Å². The Bertz CT molecular complexity index is 952. The molecule has 32 heavy (non-hydrogen) atoms. The molecule has 0 amide bonds. The van der Waals surface area contributed by atoms with Gasteiger partial charge in [-0.3, -0.25) is 14.4 Å². The molecule has 7 nitrogen and oxygen atoms in total. The Balaban J connectivity index is 1.62. The summed E-state index contributed by atoms with van der Waals surface area (Å²) in [6, 6.07) is 0. The summed E-state index contributed by atoms with van der Waals surface area (Å²) in [6.07, 6.45) is 4.67. The van der Waals surface area contributed by atoms with Gasteiger partial charge in [-0.2, -0.15) is 0 Å². The number of esters is 1. The highest BCUT2D eigenvalue weighted by atomic mass is 16.7. The molecule has 0 radical (unpaired) electrons. The highest BCUT2D eigenvalue weighted by Gasteiger charge is 2.80. The second-order valence-corrected chi connectivity index (χ2v) is 10.7. The predicted octanol–water partition coefficient (Wildman–Crippen LogP) is 3.08. The van der Waals surface area contributed by atoms with Crippen LogP contribution in [-0.2, 0) is 33.4 Å². The molecule has 174 valence electrons. The molecule has 5 rings (SSSR count). The van der Waals surface area contributed by atoms with Gasteiger partial charge in [0.2, 0.25) is 0 Å². The maximum absolute atomic E-state index is 13.8. The first kappa shape index (κ1) is 22.0. The molecule has 1 aliphatic heterocycles. The van der Waals surface area contributed by atoms with Crippen molar-refractivity contribution in [2.75, 3.05) is 6.61 Å². The van der Waals surface area contributed by atoms with Crippen LogP contribution >= 0.6 is 0 Å². The third kappa shape index (κ3) is 2.44. The van der Waals surface area contributed by atoms with Crippen molar-refractivity contribution in [3.05, 3.63) is 11.6 Å². The smallest absolute Gasteiger partial charge is 0.377 e. The monoisotopic (exact) mass is 444 g/mol. The van der Waals surface area contributed by atoms with Gasteiger partial charge in [0.1, 0.15) is 11.4 Å². The van der Waals surface area contributed by atoms with E-state index in [-0.39, 0.29) is 41.8 Å². The van der Waals surface area contributed by atoms with Gasteiger partial charge in [0.05, 0.1) is 12.2 Å². The van der Waals surface area contributed by atoms with Gasteiger partial charge in [-0.25, -0.2) is 4.79 Å². The van der Waals surface area contributed by atoms with E-state index in [9.17, 15) is 19.2 Å². The number of hydrogen-bond donors (Lipinski definition) is 0. The number of ether oxygens (including phenoxy) is 3. The Morgan fingerprint density at radius 1 is 1.12 bits per heavy atom. The van der Waals surface area contributed by atoms with Crippen LogP contribution in [0, 0.1) is 22.7 Å². The van der Waals surface area contributed by atoms with E-state index < -0.39 is 34.7 Å². The molecule has 1 saturated heterocycles. The van der Waals surface area contributed by atoms with E-state index in [1.54, 1.807) is 19.9 Å². The minimum atomic E-state index is -1.42. The van der Waals surface area contributed by atoms with Gasteiger partial charge in [-0.1, -0.05) is 19.4 Å². The Morgan fingerprint density at radius 2 is 1.88 bits per heavy atom. The average molecular weight is 445 g/mol. The van der Waals surface area contributed by atoms with E-state index >= 15 is 0 Å². The Kier molecular flexibility index (Phi) is 4.68. The number of carbonyl (C=O) groups is 4. The SMILES string of the molecule is CCOC(=O)C(=O)[C@@]12CC[C@@]3(OC(C)O1)[C@@H]1CCC4=CC(=O)CC[C@]4(C)[C@H]1C(=O)C[C@]23C. The zero-order chi connectivity index (χ0) is 23.1. The van der Waals surface area contributed by atoms with Crippen molar-refractivity contribution >= 4 is 23.3 Å². The van der Waals surface area contributed by atoms with Crippen LogP contribution in [0.1, 0.15) is 72.6 Å². The predicted molar refractivity (Wildman–Crippen MR) is 112 cm³/mol. The van der Waals surface area contributed by atoms with Gasteiger partial charge >= 0.3 is 5.97 Å². The first-order valence-corrected chi connectivity index (χ1v) is 11.9. The first-order valence-electron chi connectivity index (χ1n) is 11.9.